The Morgan fingerprint density at radius 2 is 1.92 bits per heavy atom. The van der Waals surface area contributed by atoms with Crippen molar-refractivity contribution in [3.8, 4) is 5.75 Å². The minimum absolute atomic E-state index is 0.114. The molecule has 0 radical (unpaired) electrons. The molecule has 2 aromatic carbocycles. The first-order valence-electron chi connectivity index (χ1n) is 8.48. The molecule has 1 heterocycles. The monoisotopic (exact) mass is 344 g/mol. The highest BCUT2D eigenvalue weighted by Crippen LogP contribution is 2.26. The van der Waals surface area contributed by atoms with Crippen LogP contribution in [-0.4, -0.2) is 43.2 Å². The van der Waals surface area contributed by atoms with Crippen molar-refractivity contribution in [2.24, 2.45) is 0 Å². The molecule has 2 aromatic rings. The van der Waals surface area contributed by atoms with Crippen LogP contribution in [0.25, 0.3) is 0 Å². The predicted octanol–water partition coefficient (Wildman–Crippen LogP) is 1.26. The molecule has 3 rings (SSSR count). The first kappa shape index (κ1) is 17.2. The van der Waals surface area contributed by atoms with E-state index >= 15 is 0 Å². The number of amides is 1. The molecule has 0 aliphatic carbocycles. The number of carbonyl (C=O) groups excluding carboxylic acids is 1. The highest BCUT2D eigenvalue weighted by atomic mass is 19.1. The van der Waals surface area contributed by atoms with Crippen molar-refractivity contribution in [2.45, 2.75) is 13.0 Å². The van der Waals surface area contributed by atoms with Crippen molar-refractivity contribution in [3.05, 3.63) is 54.3 Å². The number of phenols is 1. The van der Waals surface area contributed by atoms with Crippen LogP contribution >= 0.6 is 0 Å². The molecular formula is C19H23FN3O2+. The van der Waals surface area contributed by atoms with Crippen LogP contribution in [0.3, 0.4) is 0 Å². The Morgan fingerprint density at radius 1 is 1.20 bits per heavy atom. The molecule has 1 atom stereocenters. The van der Waals surface area contributed by atoms with Gasteiger partial charge in [0.05, 0.1) is 31.9 Å². The van der Waals surface area contributed by atoms with Crippen LogP contribution < -0.4 is 15.1 Å². The highest BCUT2D eigenvalue weighted by molar-refractivity contribution is 5.93. The van der Waals surface area contributed by atoms with E-state index in [-0.39, 0.29) is 23.5 Å². The van der Waals surface area contributed by atoms with Gasteiger partial charge in [-0.05, 0) is 37.3 Å². The Labute approximate surface area is 146 Å². The summed E-state index contributed by atoms with van der Waals surface area (Å²) in [4.78, 5) is 15.7. The fraction of sp³-hybridized carbons (Fsp3) is 0.316. The average Bonchev–Trinajstić information content (AvgIpc) is 2.62. The predicted molar refractivity (Wildman–Crippen MR) is 95.5 cm³/mol. The van der Waals surface area contributed by atoms with E-state index < -0.39 is 0 Å². The third-order valence-electron chi connectivity index (χ3n) is 4.73. The number of phenolic OH excluding ortho intramolecular Hbond substituents is 1. The van der Waals surface area contributed by atoms with Crippen LogP contribution in [-0.2, 0) is 4.79 Å². The topological polar surface area (TPSA) is 57.0 Å². The van der Waals surface area contributed by atoms with Gasteiger partial charge in [0.2, 0.25) is 0 Å². The summed E-state index contributed by atoms with van der Waals surface area (Å²) in [6.45, 7) is 5.02. The first-order chi connectivity index (χ1) is 12.0. The molecule has 0 spiro atoms. The molecule has 132 valence electrons. The normalized spacial score (nSPS) is 16.5. The summed E-state index contributed by atoms with van der Waals surface area (Å²) in [7, 11) is 0. The zero-order valence-corrected chi connectivity index (χ0v) is 14.2. The van der Waals surface area contributed by atoms with Gasteiger partial charge >= 0.3 is 0 Å². The molecule has 0 unspecified atom stereocenters. The maximum Gasteiger partial charge on any atom is 0.282 e. The van der Waals surface area contributed by atoms with Gasteiger partial charge in [0.1, 0.15) is 11.6 Å². The number of para-hydroxylation sites is 2. The van der Waals surface area contributed by atoms with E-state index in [0.717, 1.165) is 31.9 Å². The SMILES string of the molecule is C[C@@H](C(=O)Nc1cccc(F)c1)[NH+]1CCN(c2ccccc2O)CC1. The lowest BCUT2D eigenvalue weighted by Crippen LogP contribution is -3.19. The number of rotatable bonds is 4. The first-order valence-corrected chi connectivity index (χ1v) is 8.48. The van der Waals surface area contributed by atoms with Crippen LogP contribution in [0.2, 0.25) is 0 Å². The number of aromatic hydroxyl groups is 1. The summed E-state index contributed by atoms with van der Waals surface area (Å²) < 4.78 is 13.2. The Kier molecular flexibility index (Phi) is 5.19. The number of hydrogen-bond acceptors (Lipinski definition) is 3. The quantitative estimate of drug-likeness (QED) is 0.783. The fourth-order valence-corrected chi connectivity index (χ4v) is 3.20. The van der Waals surface area contributed by atoms with Crippen molar-refractivity contribution in [3.63, 3.8) is 0 Å². The number of halogens is 1. The molecule has 0 bridgehead atoms. The number of nitrogens with zero attached hydrogens (tertiary/aromatic N) is 1. The van der Waals surface area contributed by atoms with Gasteiger partial charge in [-0.15, -0.1) is 0 Å². The third-order valence-corrected chi connectivity index (χ3v) is 4.73. The van der Waals surface area contributed by atoms with Crippen molar-refractivity contribution in [1.29, 1.82) is 0 Å². The number of quaternary nitrogens is 1. The minimum atomic E-state index is -0.367. The van der Waals surface area contributed by atoms with Gasteiger partial charge in [-0.2, -0.15) is 0 Å². The third kappa shape index (κ3) is 4.09. The molecule has 1 fully saturated rings. The lowest BCUT2D eigenvalue weighted by molar-refractivity contribution is -0.914. The Morgan fingerprint density at radius 3 is 2.60 bits per heavy atom. The molecule has 5 nitrogen and oxygen atoms in total. The van der Waals surface area contributed by atoms with E-state index in [2.05, 4.69) is 10.2 Å². The zero-order chi connectivity index (χ0) is 17.8. The van der Waals surface area contributed by atoms with E-state index in [1.165, 1.54) is 17.0 Å². The van der Waals surface area contributed by atoms with Gasteiger partial charge in [0.25, 0.3) is 5.91 Å². The van der Waals surface area contributed by atoms with Gasteiger partial charge in [-0.3, -0.25) is 4.79 Å². The lowest BCUT2D eigenvalue weighted by atomic mass is 10.2. The Hall–Kier alpha value is -2.60. The number of piperazine rings is 1. The summed E-state index contributed by atoms with van der Waals surface area (Å²) in [6, 6.07) is 13.0. The number of benzene rings is 2. The molecule has 0 aromatic heterocycles. The molecule has 1 aliphatic heterocycles. The van der Waals surface area contributed by atoms with Gasteiger partial charge < -0.3 is 20.2 Å². The molecular weight excluding hydrogens is 321 g/mol. The van der Waals surface area contributed by atoms with Crippen molar-refractivity contribution in [2.75, 3.05) is 36.4 Å². The van der Waals surface area contributed by atoms with Crippen LogP contribution in [0.15, 0.2) is 48.5 Å². The maximum atomic E-state index is 13.2. The second-order valence-electron chi connectivity index (χ2n) is 6.36. The van der Waals surface area contributed by atoms with Crippen LogP contribution in [0.4, 0.5) is 15.8 Å². The maximum absolute atomic E-state index is 13.2. The number of carbonyl (C=O) groups is 1. The van der Waals surface area contributed by atoms with E-state index in [1.54, 1.807) is 24.3 Å². The van der Waals surface area contributed by atoms with E-state index in [9.17, 15) is 14.3 Å². The number of anilines is 2. The van der Waals surface area contributed by atoms with E-state index in [4.69, 9.17) is 0 Å². The zero-order valence-electron chi connectivity index (χ0n) is 14.2. The van der Waals surface area contributed by atoms with Gasteiger partial charge in [-0.1, -0.05) is 18.2 Å². The minimum Gasteiger partial charge on any atom is -0.506 e. The summed E-state index contributed by atoms with van der Waals surface area (Å²) in [5, 5.41) is 12.7. The van der Waals surface area contributed by atoms with Gasteiger partial charge in [-0.25, -0.2) is 4.39 Å². The van der Waals surface area contributed by atoms with Gasteiger partial charge in [0.15, 0.2) is 6.04 Å². The molecule has 1 saturated heterocycles. The largest absolute Gasteiger partial charge is 0.506 e. The second-order valence-corrected chi connectivity index (χ2v) is 6.36. The van der Waals surface area contributed by atoms with Crippen molar-refractivity contribution < 1.29 is 19.2 Å². The lowest BCUT2D eigenvalue weighted by Gasteiger charge is -2.36. The Balaban J connectivity index is 1.57. The van der Waals surface area contributed by atoms with Crippen LogP contribution in [0.5, 0.6) is 5.75 Å². The molecule has 6 heteroatoms. The van der Waals surface area contributed by atoms with E-state index in [0.29, 0.717) is 5.69 Å². The standard InChI is InChI=1S/C19H22FN3O2/c1-14(19(25)21-16-6-4-5-15(20)13-16)22-9-11-23(12-10-22)17-7-2-3-8-18(17)24/h2-8,13-14,24H,9-12H2,1H3,(H,21,25)/p+1/t14-/m0/s1. The van der Waals surface area contributed by atoms with Crippen LogP contribution in [0, 0.1) is 5.82 Å². The summed E-state index contributed by atoms with van der Waals surface area (Å²) in [5.74, 6) is -0.200. The highest BCUT2D eigenvalue weighted by Gasteiger charge is 2.29. The Bertz CT molecular complexity index is 745. The van der Waals surface area contributed by atoms with Gasteiger partial charge in [0, 0.05) is 5.69 Å². The van der Waals surface area contributed by atoms with Crippen molar-refractivity contribution in [1.82, 2.24) is 0 Å². The summed E-state index contributed by atoms with van der Waals surface area (Å²) in [6.07, 6.45) is 0. The van der Waals surface area contributed by atoms with Crippen LogP contribution in [0.1, 0.15) is 6.92 Å². The number of nitrogens with one attached hydrogen (secondary N) is 2. The molecule has 0 saturated carbocycles. The smallest absolute Gasteiger partial charge is 0.282 e. The molecule has 25 heavy (non-hydrogen) atoms. The average molecular weight is 344 g/mol. The second kappa shape index (κ2) is 7.53. The molecule has 1 aliphatic rings. The summed E-state index contributed by atoms with van der Waals surface area (Å²) in [5.41, 5.74) is 1.31. The molecule has 1 amide bonds. The van der Waals surface area contributed by atoms with Crippen molar-refractivity contribution >= 4 is 17.3 Å². The summed E-state index contributed by atoms with van der Waals surface area (Å²) >= 11 is 0. The molecule has 3 N–H and O–H groups in total. The fourth-order valence-electron chi connectivity index (χ4n) is 3.20. The number of hydrogen-bond donors (Lipinski definition) is 3. The van der Waals surface area contributed by atoms with E-state index in [1.807, 2.05) is 19.1 Å².